The molecule has 0 saturated heterocycles. The van der Waals surface area contributed by atoms with Crippen LogP contribution in [0.25, 0.3) is 5.65 Å². The Labute approximate surface area is 81.2 Å². The average Bonchev–Trinajstić information content (AvgIpc) is 2.61. The van der Waals surface area contributed by atoms with Crippen LogP contribution in [0.5, 0.6) is 0 Å². The van der Waals surface area contributed by atoms with Crippen molar-refractivity contribution in [2.24, 2.45) is 5.73 Å². The van der Waals surface area contributed by atoms with Gasteiger partial charge in [0.1, 0.15) is 0 Å². The maximum absolute atomic E-state index is 9.64. The zero-order chi connectivity index (χ0) is 9.97. The number of fused-ring (bicyclic) bond motifs is 1. The second-order valence-corrected chi connectivity index (χ2v) is 3.08. The zero-order valence-corrected chi connectivity index (χ0v) is 7.67. The Morgan fingerprint density at radius 3 is 3.14 bits per heavy atom. The van der Waals surface area contributed by atoms with Crippen LogP contribution in [0.4, 0.5) is 0 Å². The fraction of sp³-hybridized carbons (Fsp3) is 0.333. The van der Waals surface area contributed by atoms with Gasteiger partial charge in [0.2, 0.25) is 0 Å². The van der Waals surface area contributed by atoms with E-state index in [1.807, 2.05) is 0 Å². The minimum absolute atomic E-state index is 0.447. The summed E-state index contributed by atoms with van der Waals surface area (Å²) in [7, 11) is 0. The Balaban J connectivity index is 2.35. The molecule has 0 fully saturated rings. The van der Waals surface area contributed by atoms with Crippen LogP contribution in [0.1, 0.15) is 18.2 Å². The molecule has 0 saturated carbocycles. The number of hydrogen-bond acceptors (Lipinski definition) is 4. The van der Waals surface area contributed by atoms with Crippen molar-refractivity contribution < 1.29 is 5.11 Å². The monoisotopic (exact) mass is 192 g/mol. The minimum atomic E-state index is -0.596. The Morgan fingerprint density at radius 2 is 2.43 bits per heavy atom. The molecule has 0 bridgehead atoms. The Hall–Kier alpha value is -1.46. The van der Waals surface area contributed by atoms with Gasteiger partial charge in [-0.3, -0.25) is 0 Å². The molecule has 5 heteroatoms. The van der Waals surface area contributed by atoms with E-state index < -0.39 is 6.10 Å². The van der Waals surface area contributed by atoms with Gasteiger partial charge >= 0.3 is 0 Å². The fourth-order valence-corrected chi connectivity index (χ4v) is 1.32. The van der Waals surface area contributed by atoms with Crippen molar-refractivity contribution in [3.63, 3.8) is 0 Å². The molecule has 0 amide bonds. The van der Waals surface area contributed by atoms with E-state index in [1.54, 1.807) is 29.0 Å². The van der Waals surface area contributed by atoms with E-state index in [1.165, 1.54) is 0 Å². The predicted molar refractivity (Wildman–Crippen MR) is 51.6 cm³/mol. The number of aliphatic hydroxyl groups is 1. The molecule has 0 aliphatic heterocycles. The van der Waals surface area contributed by atoms with Gasteiger partial charge in [-0.1, -0.05) is 0 Å². The van der Waals surface area contributed by atoms with E-state index in [0.29, 0.717) is 18.7 Å². The van der Waals surface area contributed by atoms with Gasteiger partial charge in [-0.05, 0) is 19.0 Å². The summed E-state index contributed by atoms with van der Waals surface area (Å²) in [5, 5.41) is 13.8. The quantitative estimate of drug-likeness (QED) is 0.723. The molecule has 14 heavy (non-hydrogen) atoms. The Morgan fingerprint density at radius 1 is 1.57 bits per heavy atom. The summed E-state index contributed by atoms with van der Waals surface area (Å²) in [6.45, 7) is 0.447. The largest absolute Gasteiger partial charge is 0.387 e. The van der Waals surface area contributed by atoms with Gasteiger partial charge in [0, 0.05) is 18.5 Å². The van der Waals surface area contributed by atoms with E-state index >= 15 is 0 Å². The van der Waals surface area contributed by atoms with Crippen molar-refractivity contribution in [3.8, 4) is 0 Å². The lowest BCUT2D eigenvalue weighted by molar-refractivity contribution is 0.165. The molecule has 2 aromatic heterocycles. The summed E-state index contributed by atoms with van der Waals surface area (Å²) in [5.41, 5.74) is 6.71. The zero-order valence-electron chi connectivity index (χ0n) is 7.67. The van der Waals surface area contributed by atoms with Gasteiger partial charge in [0.05, 0.1) is 11.8 Å². The summed E-state index contributed by atoms with van der Waals surface area (Å²) in [6.07, 6.45) is 3.41. The van der Waals surface area contributed by atoms with Crippen LogP contribution in [0.2, 0.25) is 0 Å². The molecule has 2 heterocycles. The topological polar surface area (TPSA) is 76.4 Å². The summed E-state index contributed by atoms with van der Waals surface area (Å²) >= 11 is 0. The molecule has 2 aromatic rings. The smallest absolute Gasteiger partial charge is 0.155 e. The Kier molecular flexibility index (Phi) is 2.43. The van der Waals surface area contributed by atoms with E-state index in [2.05, 4.69) is 10.1 Å². The van der Waals surface area contributed by atoms with Crippen molar-refractivity contribution in [1.82, 2.24) is 14.6 Å². The molecule has 0 aliphatic carbocycles. The molecule has 0 aliphatic rings. The molecule has 0 aromatic carbocycles. The molecule has 0 radical (unpaired) electrons. The predicted octanol–water partition coefficient (Wildman–Crippen LogP) is 0.112. The number of hydrogen-bond donors (Lipinski definition) is 2. The van der Waals surface area contributed by atoms with Gasteiger partial charge in [0.15, 0.2) is 5.65 Å². The fourth-order valence-electron chi connectivity index (χ4n) is 1.32. The van der Waals surface area contributed by atoms with Crippen molar-refractivity contribution in [2.45, 2.75) is 12.5 Å². The number of aromatic nitrogens is 3. The van der Waals surface area contributed by atoms with Gasteiger partial charge in [-0.25, -0.2) is 9.50 Å². The molecule has 3 N–H and O–H groups in total. The van der Waals surface area contributed by atoms with Crippen LogP contribution in [0, 0.1) is 0 Å². The lowest BCUT2D eigenvalue weighted by atomic mass is 10.2. The van der Waals surface area contributed by atoms with Crippen LogP contribution in [0.3, 0.4) is 0 Å². The first kappa shape index (κ1) is 9.11. The molecule has 74 valence electrons. The molecule has 0 spiro atoms. The highest BCUT2D eigenvalue weighted by Gasteiger charge is 2.10. The van der Waals surface area contributed by atoms with Crippen molar-refractivity contribution in [2.75, 3.05) is 6.54 Å². The normalized spacial score (nSPS) is 13.3. The first-order chi connectivity index (χ1) is 6.81. The highest BCUT2D eigenvalue weighted by atomic mass is 16.3. The van der Waals surface area contributed by atoms with Crippen LogP contribution >= 0.6 is 0 Å². The minimum Gasteiger partial charge on any atom is -0.387 e. The molecule has 2 rings (SSSR count). The Bertz CT molecular complexity index is 392. The maximum atomic E-state index is 9.64. The number of aliphatic hydroxyl groups excluding tert-OH is 1. The van der Waals surface area contributed by atoms with Crippen molar-refractivity contribution in [1.29, 1.82) is 0 Å². The van der Waals surface area contributed by atoms with Gasteiger partial charge in [-0.15, -0.1) is 0 Å². The molecular formula is C9H12N4O. The van der Waals surface area contributed by atoms with E-state index in [4.69, 9.17) is 5.73 Å². The maximum Gasteiger partial charge on any atom is 0.155 e. The summed E-state index contributed by atoms with van der Waals surface area (Å²) in [5.74, 6) is 0. The van der Waals surface area contributed by atoms with E-state index in [0.717, 1.165) is 5.65 Å². The molecular weight excluding hydrogens is 180 g/mol. The second kappa shape index (κ2) is 3.73. The third-order valence-electron chi connectivity index (χ3n) is 2.04. The number of nitrogens with zero attached hydrogens (tertiary/aromatic N) is 3. The standard InChI is InChI=1S/C9H12N4O/c10-3-2-8(14)7-6-9-11-4-1-5-13(9)12-7/h1,4-6,8,14H,2-3,10H2. The lowest BCUT2D eigenvalue weighted by Gasteiger charge is -2.03. The number of nitrogens with two attached hydrogens (primary N) is 1. The van der Waals surface area contributed by atoms with Crippen molar-refractivity contribution >= 4 is 5.65 Å². The highest BCUT2D eigenvalue weighted by molar-refractivity contribution is 5.38. The van der Waals surface area contributed by atoms with E-state index in [9.17, 15) is 5.11 Å². The second-order valence-electron chi connectivity index (χ2n) is 3.08. The lowest BCUT2D eigenvalue weighted by Crippen LogP contribution is -2.07. The number of rotatable bonds is 3. The first-order valence-electron chi connectivity index (χ1n) is 4.49. The van der Waals surface area contributed by atoms with E-state index in [-0.39, 0.29) is 0 Å². The molecule has 1 unspecified atom stereocenters. The van der Waals surface area contributed by atoms with Gasteiger partial charge < -0.3 is 10.8 Å². The van der Waals surface area contributed by atoms with Crippen LogP contribution in [-0.2, 0) is 0 Å². The molecule has 1 atom stereocenters. The first-order valence-corrected chi connectivity index (χ1v) is 4.49. The van der Waals surface area contributed by atoms with Crippen LogP contribution in [-0.4, -0.2) is 26.2 Å². The van der Waals surface area contributed by atoms with Gasteiger partial charge in [-0.2, -0.15) is 5.10 Å². The molecule has 5 nitrogen and oxygen atoms in total. The van der Waals surface area contributed by atoms with Crippen molar-refractivity contribution in [3.05, 3.63) is 30.2 Å². The summed E-state index contributed by atoms with van der Waals surface area (Å²) in [4.78, 5) is 4.10. The third kappa shape index (κ3) is 1.59. The van der Waals surface area contributed by atoms with Crippen LogP contribution < -0.4 is 5.73 Å². The highest BCUT2D eigenvalue weighted by Crippen LogP contribution is 2.14. The average molecular weight is 192 g/mol. The summed E-state index contributed by atoms with van der Waals surface area (Å²) in [6, 6.07) is 3.55. The van der Waals surface area contributed by atoms with Gasteiger partial charge in [0.25, 0.3) is 0 Å². The van der Waals surface area contributed by atoms with Crippen LogP contribution in [0.15, 0.2) is 24.5 Å². The summed E-state index contributed by atoms with van der Waals surface area (Å²) < 4.78 is 1.63. The third-order valence-corrected chi connectivity index (χ3v) is 2.04. The SMILES string of the molecule is NCCC(O)c1cc2ncccn2n1.